The van der Waals surface area contributed by atoms with E-state index in [-0.39, 0.29) is 11.5 Å². The van der Waals surface area contributed by atoms with Crippen LogP contribution in [0.3, 0.4) is 0 Å². The van der Waals surface area contributed by atoms with Crippen LogP contribution < -0.4 is 10.6 Å². The molecule has 0 unspecified atom stereocenters. The summed E-state index contributed by atoms with van der Waals surface area (Å²) < 4.78 is 0. The second-order valence-corrected chi connectivity index (χ2v) is 3.89. The van der Waals surface area contributed by atoms with Crippen molar-refractivity contribution in [2.45, 2.75) is 13.5 Å². The summed E-state index contributed by atoms with van der Waals surface area (Å²) in [5.74, 6) is 0.476. The highest BCUT2D eigenvalue weighted by Crippen LogP contribution is 2.26. The van der Waals surface area contributed by atoms with Gasteiger partial charge in [-0.1, -0.05) is 0 Å². The van der Waals surface area contributed by atoms with Gasteiger partial charge in [0.1, 0.15) is 12.0 Å². The van der Waals surface area contributed by atoms with Crippen molar-refractivity contribution >= 4 is 17.5 Å². The number of hydrogen-bond acceptors (Lipinski definition) is 8. The number of nitrogens with zero attached hydrogens (tertiary/aromatic N) is 5. The van der Waals surface area contributed by atoms with Crippen LogP contribution in [0.1, 0.15) is 11.4 Å². The maximum Gasteiger partial charge on any atom is 0.332 e. The van der Waals surface area contributed by atoms with Gasteiger partial charge in [0, 0.05) is 13.2 Å². The van der Waals surface area contributed by atoms with Crippen molar-refractivity contribution in [1.29, 1.82) is 0 Å². The van der Waals surface area contributed by atoms with Crippen LogP contribution in [0, 0.1) is 17.0 Å². The van der Waals surface area contributed by atoms with Gasteiger partial charge in [0.2, 0.25) is 11.8 Å². The SMILES string of the molecule is CNc1nc(C)c([N+](=O)[O-])c(NCc2ccncn2)n1. The summed E-state index contributed by atoms with van der Waals surface area (Å²) in [5, 5.41) is 16.8. The summed E-state index contributed by atoms with van der Waals surface area (Å²) in [7, 11) is 1.65. The minimum Gasteiger partial charge on any atom is -0.359 e. The maximum absolute atomic E-state index is 11.1. The largest absolute Gasteiger partial charge is 0.359 e. The Balaban J connectivity index is 2.29. The number of anilines is 2. The Morgan fingerprint density at radius 1 is 1.40 bits per heavy atom. The van der Waals surface area contributed by atoms with E-state index in [0.717, 1.165) is 0 Å². The number of nitrogens with one attached hydrogen (secondary N) is 2. The van der Waals surface area contributed by atoms with E-state index in [0.29, 0.717) is 23.9 Å². The van der Waals surface area contributed by atoms with E-state index >= 15 is 0 Å². The molecule has 2 heterocycles. The first-order valence-corrected chi connectivity index (χ1v) is 5.81. The van der Waals surface area contributed by atoms with Crippen LogP contribution in [0.25, 0.3) is 0 Å². The average Bonchev–Trinajstić information content (AvgIpc) is 2.45. The van der Waals surface area contributed by atoms with Gasteiger partial charge in [-0.2, -0.15) is 4.98 Å². The lowest BCUT2D eigenvalue weighted by Gasteiger charge is -2.08. The van der Waals surface area contributed by atoms with E-state index in [1.165, 1.54) is 6.33 Å². The third kappa shape index (κ3) is 2.94. The molecule has 0 aliphatic heterocycles. The van der Waals surface area contributed by atoms with Crippen molar-refractivity contribution in [3.8, 4) is 0 Å². The number of aryl methyl sites for hydroxylation is 1. The van der Waals surface area contributed by atoms with Gasteiger partial charge in [0.15, 0.2) is 0 Å². The molecule has 0 aromatic carbocycles. The Morgan fingerprint density at radius 3 is 2.80 bits per heavy atom. The summed E-state index contributed by atoms with van der Waals surface area (Å²) in [6.45, 7) is 1.87. The molecule has 0 aliphatic rings. The van der Waals surface area contributed by atoms with Gasteiger partial charge in [-0.05, 0) is 13.0 Å². The minimum absolute atomic E-state index is 0.141. The molecular weight excluding hydrogens is 262 g/mol. The second kappa shape index (κ2) is 5.87. The van der Waals surface area contributed by atoms with Crippen LogP contribution in [-0.4, -0.2) is 31.9 Å². The predicted octanol–water partition coefficient (Wildman–Crippen LogP) is 1.14. The average molecular weight is 275 g/mol. The van der Waals surface area contributed by atoms with Crippen molar-refractivity contribution in [2.75, 3.05) is 17.7 Å². The molecule has 9 nitrogen and oxygen atoms in total. The van der Waals surface area contributed by atoms with Crippen molar-refractivity contribution < 1.29 is 4.92 Å². The van der Waals surface area contributed by atoms with Crippen molar-refractivity contribution in [3.63, 3.8) is 0 Å². The molecule has 2 aromatic heterocycles. The van der Waals surface area contributed by atoms with E-state index in [4.69, 9.17) is 0 Å². The van der Waals surface area contributed by atoms with Crippen LogP contribution in [0.4, 0.5) is 17.5 Å². The zero-order valence-corrected chi connectivity index (χ0v) is 11.0. The van der Waals surface area contributed by atoms with Gasteiger partial charge in [0.05, 0.1) is 17.2 Å². The van der Waals surface area contributed by atoms with Gasteiger partial charge in [-0.15, -0.1) is 0 Å². The third-order valence-electron chi connectivity index (χ3n) is 2.54. The van der Waals surface area contributed by atoms with Crippen LogP contribution in [0.5, 0.6) is 0 Å². The highest BCUT2D eigenvalue weighted by molar-refractivity contribution is 5.60. The van der Waals surface area contributed by atoms with Crippen molar-refractivity contribution in [1.82, 2.24) is 19.9 Å². The van der Waals surface area contributed by atoms with E-state index in [9.17, 15) is 10.1 Å². The number of nitro groups is 1. The van der Waals surface area contributed by atoms with Gasteiger partial charge in [-0.3, -0.25) is 10.1 Å². The lowest BCUT2D eigenvalue weighted by Crippen LogP contribution is -2.10. The fraction of sp³-hybridized carbons (Fsp3) is 0.273. The molecule has 2 N–H and O–H groups in total. The molecule has 0 amide bonds. The first kappa shape index (κ1) is 13.6. The smallest absolute Gasteiger partial charge is 0.332 e. The van der Waals surface area contributed by atoms with Gasteiger partial charge in [-0.25, -0.2) is 15.0 Å². The summed E-state index contributed by atoms with van der Waals surface area (Å²) in [4.78, 5) is 26.5. The molecule has 2 rings (SSSR count). The Kier molecular flexibility index (Phi) is 3.99. The predicted molar refractivity (Wildman–Crippen MR) is 72.3 cm³/mol. The maximum atomic E-state index is 11.1. The van der Waals surface area contributed by atoms with E-state index in [2.05, 4.69) is 30.6 Å². The topological polar surface area (TPSA) is 119 Å². The molecule has 104 valence electrons. The van der Waals surface area contributed by atoms with Crippen LogP contribution in [-0.2, 0) is 6.54 Å². The summed E-state index contributed by atoms with van der Waals surface area (Å²) >= 11 is 0. The molecule has 0 bridgehead atoms. The van der Waals surface area contributed by atoms with Crippen molar-refractivity contribution in [2.24, 2.45) is 0 Å². The normalized spacial score (nSPS) is 10.1. The van der Waals surface area contributed by atoms with Crippen LogP contribution in [0.2, 0.25) is 0 Å². The standard InChI is InChI=1S/C11H13N7O2/c1-7-9(18(19)20)10(17-11(12-2)16-7)14-5-8-3-4-13-6-15-8/h3-4,6H,5H2,1-2H3,(H2,12,14,16,17). The fourth-order valence-corrected chi connectivity index (χ4v) is 1.62. The molecule has 0 saturated heterocycles. The molecule has 2 aromatic rings. The van der Waals surface area contributed by atoms with E-state index in [1.54, 1.807) is 26.2 Å². The Hall–Kier alpha value is -2.84. The van der Waals surface area contributed by atoms with Crippen LogP contribution >= 0.6 is 0 Å². The van der Waals surface area contributed by atoms with Gasteiger partial charge >= 0.3 is 5.69 Å². The monoisotopic (exact) mass is 275 g/mol. The van der Waals surface area contributed by atoms with Crippen LogP contribution in [0.15, 0.2) is 18.6 Å². The summed E-state index contributed by atoms with van der Waals surface area (Å²) in [6.07, 6.45) is 3.01. The fourth-order valence-electron chi connectivity index (χ4n) is 1.62. The second-order valence-electron chi connectivity index (χ2n) is 3.89. The lowest BCUT2D eigenvalue weighted by atomic mass is 10.3. The Labute approximate surface area is 114 Å². The molecule has 0 radical (unpaired) electrons. The zero-order valence-electron chi connectivity index (χ0n) is 11.0. The van der Waals surface area contributed by atoms with E-state index in [1.807, 2.05) is 0 Å². The van der Waals surface area contributed by atoms with Gasteiger partial charge in [0.25, 0.3) is 0 Å². The summed E-state index contributed by atoms with van der Waals surface area (Å²) in [6, 6.07) is 1.71. The Bertz CT molecular complexity index is 618. The molecule has 9 heteroatoms. The highest BCUT2D eigenvalue weighted by Gasteiger charge is 2.21. The number of aromatic nitrogens is 4. The third-order valence-corrected chi connectivity index (χ3v) is 2.54. The molecule has 0 atom stereocenters. The first-order valence-electron chi connectivity index (χ1n) is 5.81. The van der Waals surface area contributed by atoms with Gasteiger partial charge < -0.3 is 10.6 Å². The molecule has 0 aliphatic carbocycles. The molecule has 0 spiro atoms. The number of rotatable bonds is 5. The molecule has 20 heavy (non-hydrogen) atoms. The minimum atomic E-state index is -0.503. The quantitative estimate of drug-likeness (QED) is 0.615. The lowest BCUT2D eigenvalue weighted by molar-refractivity contribution is -0.385. The Morgan fingerprint density at radius 2 is 2.20 bits per heavy atom. The highest BCUT2D eigenvalue weighted by atomic mass is 16.6. The van der Waals surface area contributed by atoms with Crippen molar-refractivity contribution in [3.05, 3.63) is 40.1 Å². The molecule has 0 fully saturated rings. The van der Waals surface area contributed by atoms with E-state index < -0.39 is 4.92 Å². The molecular formula is C11H13N7O2. The number of hydrogen-bond donors (Lipinski definition) is 2. The summed E-state index contributed by atoms with van der Waals surface area (Å²) in [5.41, 5.74) is 0.856. The molecule has 0 saturated carbocycles. The first-order chi connectivity index (χ1) is 9.61. The zero-order chi connectivity index (χ0) is 14.5.